The predicted octanol–water partition coefficient (Wildman–Crippen LogP) is 3.87. The summed E-state index contributed by atoms with van der Waals surface area (Å²) in [5, 5.41) is 4.57. The van der Waals surface area contributed by atoms with Gasteiger partial charge in [-0.2, -0.15) is 4.98 Å². The van der Waals surface area contributed by atoms with E-state index in [0.717, 1.165) is 0 Å². The topological polar surface area (TPSA) is 94.3 Å². The number of nitrogens with one attached hydrogen (secondary N) is 1. The SMILES string of the molecule is COc1ccc(Cl)cc1-c1noc([C@@H]2[C@H](NS(=O)(=O)c3ccccc3)C2(C)C)n1. The molecule has 1 aliphatic carbocycles. The Bertz CT molecular complexity index is 1150. The summed E-state index contributed by atoms with van der Waals surface area (Å²) in [5.41, 5.74) is 0.235. The van der Waals surface area contributed by atoms with E-state index >= 15 is 0 Å². The van der Waals surface area contributed by atoms with Crippen LogP contribution in [0.25, 0.3) is 11.4 Å². The van der Waals surface area contributed by atoms with E-state index in [-0.39, 0.29) is 22.3 Å². The molecule has 1 saturated carbocycles. The Morgan fingerprint density at radius 2 is 1.90 bits per heavy atom. The van der Waals surface area contributed by atoms with E-state index in [4.69, 9.17) is 20.9 Å². The molecular formula is C20H20ClN3O4S. The normalized spacial score (nSPS) is 20.4. The Balaban J connectivity index is 1.60. The monoisotopic (exact) mass is 433 g/mol. The molecule has 1 aliphatic rings. The molecule has 0 bridgehead atoms. The third kappa shape index (κ3) is 3.63. The minimum atomic E-state index is -3.65. The average molecular weight is 434 g/mol. The van der Waals surface area contributed by atoms with Crippen LogP contribution in [0.2, 0.25) is 5.02 Å². The van der Waals surface area contributed by atoms with Crippen LogP contribution in [0.3, 0.4) is 0 Å². The number of benzene rings is 2. The third-order valence-corrected chi connectivity index (χ3v) is 6.97. The Labute approximate surface area is 174 Å². The van der Waals surface area contributed by atoms with Crippen LogP contribution in [-0.2, 0) is 10.0 Å². The van der Waals surface area contributed by atoms with Gasteiger partial charge in [0, 0.05) is 11.1 Å². The van der Waals surface area contributed by atoms with Gasteiger partial charge in [-0.25, -0.2) is 13.1 Å². The van der Waals surface area contributed by atoms with E-state index in [1.807, 2.05) is 13.8 Å². The zero-order valence-electron chi connectivity index (χ0n) is 16.1. The second-order valence-corrected chi connectivity index (χ2v) is 9.66. The number of sulfonamides is 1. The molecule has 7 nitrogen and oxygen atoms in total. The standard InChI is InChI=1S/C20H20ClN3O4S/c1-20(2)16(17(20)24-29(25,26)13-7-5-4-6-8-13)19-22-18(23-28-19)14-11-12(21)9-10-15(14)27-3/h4-11,16-17,24H,1-3H3/t16-,17-/m0/s1. The molecule has 1 aromatic heterocycles. The van der Waals surface area contributed by atoms with E-state index < -0.39 is 10.0 Å². The van der Waals surface area contributed by atoms with Gasteiger partial charge >= 0.3 is 0 Å². The molecule has 9 heteroatoms. The predicted molar refractivity (Wildman–Crippen MR) is 108 cm³/mol. The van der Waals surface area contributed by atoms with Crippen molar-refractivity contribution in [2.45, 2.75) is 30.7 Å². The molecule has 29 heavy (non-hydrogen) atoms. The first kappa shape index (κ1) is 19.9. The maximum Gasteiger partial charge on any atom is 0.240 e. The molecule has 3 aromatic rings. The van der Waals surface area contributed by atoms with Gasteiger partial charge in [-0.05, 0) is 35.7 Å². The first-order chi connectivity index (χ1) is 13.7. The second kappa shape index (κ2) is 7.12. The lowest BCUT2D eigenvalue weighted by Gasteiger charge is -2.07. The highest BCUT2D eigenvalue weighted by atomic mass is 35.5. The van der Waals surface area contributed by atoms with Gasteiger partial charge < -0.3 is 9.26 Å². The van der Waals surface area contributed by atoms with Crippen LogP contribution in [0.4, 0.5) is 0 Å². The average Bonchev–Trinajstić information content (AvgIpc) is 3.03. The van der Waals surface area contributed by atoms with Gasteiger partial charge in [-0.3, -0.25) is 0 Å². The molecule has 0 spiro atoms. The summed E-state index contributed by atoms with van der Waals surface area (Å²) in [5.74, 6) is 1.03. The van der Waals surface area contributed by atoms with Crippen LogP contribution in [0.1, 0.15) is 25.7 Å². The number of hydrogen-bond donors (Lipinski definition) is 1. The number of ether oxygens (including phenoxy) is 1. The number of hydrogen-bond acceptors (Lipinski definition) is 6. The summed E-state index contributed by atoms with van der Waals surface area (Å²) in [6.45, 7) is 3.92. The van der Waals surface area contributed by atoms with Gasteiger partial charge in [0.2, 0.25) is 21.7 Å². The van der Waals surface area contributed by atoms with Crippen LogP contribution in [0, 0.1) is 5.41 Å². The summed E-state index contributed by atoms with van der Waals surface area (Å²) >= 11 is 6.09. The summed E-state index contributed by atoms with van der Waals surface area (Å²) in [6.07, 6.45) is 0. The smallest absolute Gasteiger partial charge is 0.240 e. The van der Waals surface area contributed by atoms with Crippen molar-refractivity contribution in [2.75, 3.05) is 7.11 Å². The highest BCUT2D eigenvalue weighted by molar-refractivity contribution is 7.89. The molecule has 0 saturated heterocycles. The van der Waals surface area contributed by atoms with Gasteiger partial charge in [0.15, 0.2) is 0 Å². The van der Waals surface area contributed by atoms with Crippen molar-refractivity contribution in [1.82, 2.24) is 14.9 Å². The van der Waals surface area contributed by atoms with Gasteiger partial charge in [-0.15, -0.1) is 0 Å². The minimum Gasteiger partial charge on any atom is -0.496 e. The summed E-state index contributed by atoms with van der Waals surface area (Å²) in [4.78, 5) is 4.71. The number of halogens is 1. The van der Waals surface area contributed by atoms with E-state index in [9.17, 15) is 8.42 Å². The van der Waals surface area contributed by atoms with Crippen molar-refractivity contribution in [3.8, 4) is 17.1 Å². The number of rotatable bonds is 6. The molecule has 4 rings (SSSR count). The van der Waals surface area contributed by atoms with Crippen LogP contribution in [-0.4, -0.2) is 31.7 Å². The molecule has 1 N–H and O–H groups in total. The first-order valence-corrected chi connectivity index (χ1v) is 10.8. The fourth-order valence-corrected chi connectivity index (χ4v) is 5.08. The largest absolute Gasteiger partial charge is 0.496 e. The van der Waals surface area contributed by atoms with Gasteiger partial charge in [0.25, 0.3) is 0 Å². The lowest BCUT2D eigenvalue weighted by atomic mass is 10.1. The van der Waals surface area contributed by atoms with Gasteiger partial charge in [-0.1, -0.05) is 48.8 Å². The summed E-state index contributed by atoms with van der Waals surface area (Å²) in [7, 11) is -2.10. The highest BCUT2D eigenvalue weighted by Gasteiger charge is 2.63. The lowest BCUT2D eigenvalue weighted by molar-refractivity contribution is 0.367. The van der Waals surface area contributed by atoms with Crippen molar-refractivity contribution >= 4 is 21.6 Å². The summed E-state index contributed by atoms with van der Waals surface area (Å²) in [6, 6.07) is 13.0. The minimum absolute atomic E-state index is 0.219. The molecule has 2 atom stereocenters. The van der Waals surface area contributed by atoms with E-state index in [1.165, 1.54) is 0 Å². The van der Waals surface area contributed by atoms with Gasteiger partial charge in [0.1, 0.15) is 5.75 Å². The Morgan fingerprint density at radius 1 is 1.17 bits per heavy atom. The molecule has 1 fully saturated rings. The highest BCUT2D eigenvalue weighted by Crippen LogP contribution is 2.58. The van der Waals surface area contributed by atoms with Crippen molar-refractivity contribution in [3.63, 3.8) is 0 Å². The molecule has 0 unspecified atom stereocenters. The second-order valence-electron chi connectivity index (χ2n) is 7.51. The quantitative estimate of drug-likeness (QED) is 0.634. The molecule has 0 radical (unpaired) electrons. The molecule has 2 aromatic carbocycles. The molecule has 0 aliphatic heterocycles. The fraction of sp³-hybridized carbons (Fsp3) is 0.300. The van der Waals surface area contributed by atoms with E-state index in [0.29, 0.717) is 28.1 Å². The van der Waals surface area contributed by atoms with Crippen molar-refractivity contribution in [2.24, 2.45) is 5.41 Å². The van der Waals surface area contributed by atoms with E-state index in [1.54, 1.807) is 55.6 Å². The third-order valence-electron chi connectivity index (χ3n) is 5.27. The van der Waals surface area contributed by atoms with Crippen LogP contribution in [0.5, 0.6) is 5.75 Å². The zero-order valence-corrected chi connectivity index (χ0v) is 17.7. The molecule has 152 valence electrons. The van der Waals surface area contributed by atoms with Crippen LogP contribution in [0.15, 0.2) is 57.9 Å². The lowest BCUT2D eigenvalue weighted by Crippen LogP contribution is -2.29. The van der Waals surface area contributed by atoms with Crippen molar-refractivity contribution in [3.05, 3.63) is 59.4 Å². The molecular weight excluding hydrogens is 414 g/mol. The van der Waals surface area contributed by atoms with Crippen molar-refractivity contribution in [1.29, 1.82) is 0 Å². The number of methoxy groups -OCH3 is 1. The van der Waals surface area contributed by atoms with Crippen LogP contribution < -0.4 is 9.46 Å². The number of aromatic nitrogens is 2. The zero-order chi connectivity index (χ0) is 20.8. The summed E-state index contributed by atoms with van der Waals surface area (Å²) < 4.78 is 39.0. The van der Waals surface area contributed by atoms with Crippen LogP contribution >= 0.6 is 11.6 Å². The Morgan fingerprint density at radius 3 is 2.59 bits per heavy atom. The fourth-order valence-electron chi connectivity index (χ4n) is 3.48. The maximum absolute atomic E-state index is 12.7. The first-order valence-electron chi connectivity index (χ1n) is 8.99. The molecule has 1 heterocycles. The Kier molecular flexibility index (Phi) is 4.88. The number of nitrogens with zero attached hydrogens (tertiary/aromatic N) is 2. The van der Waals surface area contributed by atoms with Crippen molar-refractivity contribution < 1.29 is 17.7 Å². The maximum atomic E-state index is 12.7. The van der Waals surface area contributed by atoms with Gasteiger partial charge in [0.05, 0.1) is 23.5 Å². The Hall–Kier alpha value is -2.42. The molecule has 0 amide bonds. The van der Waals surface area contributed by atoms with E-state index in [2.05, 4.69) is 14.9 Å².